The number of hydrogen-bond acceptors (Lipinski definition) is 4. The zero-order valence-corrected chi connectivity index (χ0v) is 15.2. The monoisotopic (exact) mass is 344 g/mol. The van der Waals surface area contributed by atoms with Crippen molar-refractivity contribution < 1.29 is 4.79 Å². The standard InChI is InChI=1S/C18H28N6O/c1-3-4-10-23-12-9-19-18(23)15-6-5-11-24(13-15)17(25)8-7-16-20-14(2)21-22-16/h9,12,15H,3-8,10-11,13H2,1-2H3,(H,20,21,22)/t15-/m0/s1. The third-order valence-electron chi connectivity index (χ3n) is 4.85. The van der Waals surface area contributed by atoms with Crippen molar-refractivity contribution in [1.82, 2.24) is 29.6 Å². The Kier molecular flexibility index (Phi) is 5.83. The Hall–Kier alpha value is -2.18. The van der Waals surface area contributed by atoms with Crippen LogP contribution >= 0.6 is 0 Å². The average Bonchev–Trinajstić information content (AvgIpc) is 3.26. The smallest absolute Gasteiger partial charge is 0.223 e. The van der Waals surface area contributed by atoms with Crippen LogP contribution in [0.3, 0.4) is 0 Å². The van der Waals surface area contributed by atoms with Crippen LogP contribution in [0.2, 0.25) is 0 Å². The number of likely N-dealkylation sites (tertiary alicyclic amines) is 1. The van der Waals surface area contributed by atoms with Crippen molar-refractivity contribution in [2.75, 3.05) is 13.1 Å². The molecule has 7 heteroatoms. The van der Waals surface area contributed by atoms with Gasteiger partial charge in [0.25, 0.3) is 0 Å². The van der Waals surface area contributed by atoms with E-state index in [4.69, 9.17) is 0 Å². The Morgan fingerprint density at radius 3 is 3.08 bits per heavy atom. The molecule has 0 aliphatic carbocycles. The molecule has 1 aliphatic rings. The van der Waals surface area contributed by atoms with Crippen LogP contribution in [0.5, 0.6) is 0 Å². The number of unbranched alkanes of at least 4 members (excludes halogenated alkanes) is 1. The van der Waals surface area contributed by atoms with Crippen LogP contribution < -0.4 is 0 Å². The molecule has 0 spiro atoms. The van der Waals surface area contributed by atoms with Crippen LogP contribution in [-0.2, 0) is 17.8 Å². The number of aryl methyl sites for hydroxylation is 3. The predicted octanol–water partition coefficient (Wildman–Crippen LogP) is 2.45. The van der Waals surface area contributed by atoms with Crippen LogP contribution in [-0.4, -0.2) is 48.6 Å². The molecule has 7 nitrogen and oxygen atoms in total. The van der Waals surface area contributed by atoms with Gasteiger partial charge in [0.1, 0.15) is 11.6 Å². The number of piperidine rings is 1. The summed E-state index contributed by atoms with van der Waals surface area (Å²) >= 11 is 0. The van der Waals surface area contributed by atoms with Crippen molar-refractivity contribution in [3.8, 4) is 0 Å². The van der Waals surface area contributed by atoms with Crippen molar-refractivity contribution in [2.24, 2.45) is 0 Å². The number of aromatic amines is 1. The molecule has 0 unspecified atom stereocenters. The third kappa shape index (κ3) is 4.46. The minimum Gasteiger partial charge on any atom is -0.342 e. The fourth-order valence-corrected chi connectivity index (χ4v) is 3.49. The Morgan fingerprint density at radius 1 is 1.44 bits per heavy atom. The number of amides is 1. The first-order valence-corrected chi connectivity index (χ1v) is 9.34. The highest BCUT2D eigenvalue weighted by Gasteiger charge is 2.27. The second-order valence-electron chi connectivity index (χ2n) is 6.85. The lowest BCUT2D eigenvalue weighted by Crippen LogP contribution is -2.39. The van der Waals surface area contributed by atoms with Gasteiger partial charge in [-0.05, 0) is 26.2 Å². The molecule has 25 heavy (non-hydrogen) atoms. The van der Waals surface area contributed by atoms with Gasteiger partial charge in [0.05, 0.1) is 0 Å². The first-order chi connectivity index (χ1) is 12.2. The molecule has 1 amide bonds. The van der Waals surface area contributed by atoms with Gasteiger partial charge in [-0.15, -0.1) is 0 Å². The number of hydrogen-bond donors (Lipinski definition) is 1. The SMILES string of the molecule is CCCCn1ccnc1[C@H]1CCCN(C(=O)CCc2n[nH]c(C)n2)C1. The number of imidazole rings is 1. The Balaban J connectivity index is 1.57. The van der Waals surface area contributed by atoms with E-state index in [1.54, 1.807) is 0 Å². The van der Waals surface area contributed by atoms with E-state index >= 15 is 0 Å². The highest BCUT2D eigenvalue weighted by atomic mass is 16.2. The number of carbonyl (C=O) groups is 1. The molecular weight excluding hydrogens is 316 g/mol. The molecule has 136 valence electrons. The predicted molar refractivity (Wildman–Crippen MR) is 95.1 cm³/mol. The summed E-state index contributed by atoms with van der Waals surface area (Å²) in [7, 11) is 0. The first kappa shape index (κ1) is 17.6. The third-order valence-corrected chi connectivity index (χ3v) is 4.85. The number of aromatic nitrogens is 5. The van der Waals surface area contributed by atoms with E-state index in [2.05, 4.69) is 37.9 Å². The fourth-order valence-electron chi connectivity index (χ4n) is 3.49. The number of nitrogens with one attached hydrogen (secondary N) is 1. The lowest BCUT2D eigenvalue weighted by molar-refractivity contribution is -0.132. The highest BCUT2D eigenvalue weighted by Crippen LogP contribution is 2.26. The average molecular weight is 344 g/mol. The molecule has 3 rings (SSSR count). The summed E-state index contributed by atoms with van der Waals surface area (Å²) in [5.41, 5.74) is 0. The van der Waals surface area contributed by atoms with E-state index in [0.29, 0.717) is 18.8 Å². The Labute approximate surface area is 148 Å². The van der Waals surface area contributed by atoms with E-state index in [1.807, 2.05) is 18.0 Å². The lowest BCUT2D eigenvalue weighted by atomic mass is 9.96. The molecule has 0 radical (unpaired) electrons. The maximum atomic E-state index is 12.6. The van der Waals surface area contributed by atoms with Gasteiger partial charge >= 0.3 is 0 Å². The maximum absolute atomic E-state index is 12.6. The van der Waals surface area contributed by atoms with Crippen molar-refractivity contribution in [3.63, 3.8) is 0 Å². The molecule has 1 atom stereocenters. The van der Waals surface area contributed by atoms with Gasteiger partial charge in [-0.2, -0.15) is 5.10 Å². The zero-order chi connectivity index (χ0) is 17.6. The first-order valence-electron chi connectivity index (χ1n) is 9.34. The molecule has 3 heterocycles. The fraction of sp³-hybridized carbons (Fsp3) is 0.667. The number of nitrogens with zero attached hydrogens (tertiary/aromatic N) is 5. The van der Waals surface area contributed by atoms with Gasteiger partial charge < -0.3 is 9.47 Å². The van der Waals surface area contributed by atoms with Crippen molar-refractivity contribution in [1.29, 1.82) is 0 Å². The summed E-state index contributed by atoms with van der Waals surface area (Å²) in [6, 6.07) is 0. The molecule has 0 saturated carbocycles. The van der Waals surface area contributed by atoms with Gasteiger partial charge in [0, 0.05) is 50.8 Å². The van der Waals surface area contributed by atoms with E-state index in [9.17, 15) is 4.79 Å². The normalized spacial score (nSPS) is 17.8. The second-order valence-corrected chi connectivity index (χ2v) is 6.85. The van der Waals surface area contributed by atoms with Crippen molar-refractivity contribution >= 4 is 5.91 Å². The van der Waals surface area contributed by atoms with Crippen molar-refractivity contribution in [2.45, 2.75) is 64.8 Å². The molecule has 1 aliphatic heterocycles. The zero-order valence-electron chi connectivity index (χ0n) is 15.2. The number of rotatable bonds is 7. The quantitative estimate of drug-likeness (QED) is 0.837. The highest BCUT2D eigenvalue weighted by molar-refractivity contribution is 5.76. The summed E-state index contributed by atoms with van der Waals surface area (Å²) in [4.78, 5) is 23.4. The summed E-state index contributed by atoms with van der Waals surface area (Å²) < 4.78 is 2.26. The molecule has 0 bridgehead atoms. The molecule has 1 N–H and O–H groups in total. The van der Waals surface area contributed by atoms with Crippen LogP contribution in [0.1, 0.15) is 62.4 Å². The van der Waals surface area contributed by atoms with Crippen molar-refractivity contribution in [3.05, 3.63) is 29.9 Å². The molecule has 1 saturated heterocycles. The molecule has 2 aromatic heterocycles. The van der Waals surface area contributed by atoms with Crippen LogP contribution in [0.15, 0.2) is 12.4 Å². The van der Waals surface area contributed by atoms with Gasteiger partial charge in [-0.25, -0.2) is 9.97 Å². The van der Waals surface area contributed by atoms with E-state index in [-0.39, 0.29) is 5.91 Å². The van der Waals surface area contributed by atoms with E-state index < -0.39 is 0 Å². The van der Waals surface area contributed by atoms with Gasteiger partial charge in [0.2, 0.25) is 5.91 Å². The summed E-state index contributed by atoms with van der Waals surface area (Å²) in [5.74, 6) is 3.18. The Bertz CT molecular complexity index is 691. The topological polar surface area (TPSA) is 79.7 Å². The van der Waals surface area contributed by atoms with Gasteiger partial charge in [-0.3, -0.25) is 9.89 Å². The summed E-state index contributed by atoms with van der Waals surface area (Å²) in [5, 5.41) is 6.93. The molecule has 2 aromatic rings. The van der Waals surface area contributed by atoms with Crippen LogP contribution in [0, 0.1) is 6.92 Å². The molecule has 0 aromatic carbocycles. The van der Waals surface area contributed by atoms with Gasteiger partial charge in [-0.1, -0.05) is 13.3 Å². The second kappa shape index (κ2) is 8.27. The maximum Gasteiger partial charge on any atom is 0.223 e. The Morgan fingerprint density at radius 2 is 2.32 bits per heavy atom. The summed E-state index contributed by atoms with van der Waals surface area (Å²) in [6.07, 6.45) is 9.49. The minimum absolute atomic E-state index is 0.193. The van der Waals surface area contributed by atoms with E-state index in [0.717, 1.165) is 56.4 Å². The minimum atomic E-state index is 0.193. The number of H-pyrrole nitrogens is 1. The largest absolute Gasteiger partial charge is 0.342 e. The molecule has 1 fully saturated rings. The van der Waals surface area contributed by atoms with Gasteiger partial charge in [0.15, 0.2) is 5.82 Å². The summed E-state index contributed by atoms with van der Waals surface area (Å²) in [6.45, 7) is 6.70. The lowest BCUT2D eigenvalue weighted by Gasteiger charge is -2.32. The molecular formula is C18H28N6O. The van der Waals surface area contributed by atoms with Crippen LogP contribution in [0.25, 0.3) is 0 Å². The van der Waals surface area contributed by atoms with Crippen LogP contribution in [0.4, 0.5) is 0 Å². The van der Waals surface area contributed by atoms with E-state index in [1.165, 1.54) is 6.42 Å². The number of carbonyl (C=O) groups excluding carboxylic acids is 1.